The van der Waals surface area contributed by atoms with Crippen molar-refractivity contribution >= 4 is 7.82 Å². The maximum absolute atomic E-state index is 10.2. The molecule has 0 saturated carbocycles. The minimum absolute atomic E-state index is 0.274. The Bertz CT molecular complexity index is 188. The van der Waals surface area contributed by atoms with Crippen molar-refractivity contribution < 1.29 is 28.7 Å². The summed E-state index contributed by atoms with van der Waals surface area (Å²) in [4.78, 5) is 16.6. The van der Waals surface area contributed by atoms with Crippen LogP contribution in [0.2, 0.25) is 0 Å². The minimum Gasteiger partial charge on any atom is -0.390 e. The highest BCUT2D eigenvalue weighted by molar-refractivity contribution is 7.46. The Kier molecular flexibility index (Phi) is 3.22. The summed E-state index contributed by atoms with van der Waals surface area (Å²) in [6, 6.07) is 0. The number of rotatable bonds is 3. The summed E-state index contributed by atoms with van der Waals surface area (Å²) in [6.45, 7) is -0.0295. The maximum Gasteiger partial charge on any atom is 0.469 e. The van der Waals surface area contributed by atoms with E-state index in [1.165, 1.54) is 6.42 Å². The van der Waals surface area contributed by atoms with Crippen LogP contribution in [0.25, 0.3) is 0 Å². The summed E-state index contributed by atoms with van der Waals surface area (Å²) in [5.74, 6) is 0. The van der Waals surface area contributed by atoms with Crippen LogP contribution in [-0.2, 0) is 13.8 Å². The first kappa shape index (κ1) is 10.1. The van der Waals surface area contributed by atoms with Gasteiger partial charge in [0.2, 0.25) is 0 Å². The summed E-state index contributed by atoms with van der Waals surface area (Å²) in [7, 11) is -4.45. The molecule has 12 heavy (non-hydrogen) atoms. The first-order valence-corrected chi connectivity index (χ1v) is 4.85. The third kappa shape index (κ3) is 3.18. The van der Waals surface area contributed by atoms with E-state index in [2.05, 4.69) is 4.52 Å². The highest BCUT2D eigenvalue weighted by atomic mass is 31.2. The van der Waals surface area contributed by atoms with E-state index in [-0.39, 0.29) is 13.2 Å². The molecular weight excluding hydrogens is 187 g/mol. The number of hydrogen-bond acceptors (Lipinski definition) is 4. The second-order valence-corrected chi connectivity index (χ2v) is 3.62. The van der Waals surface area contributed by atoms with Gasteiger partial charge in [0, 0.05) is 6.42 Å². The van der Waals surface area contributed by atoms with E-state index in [1.54, 1.807) is 0 Å². The molecule has 2 atom stereocenters. The fourth-order valence-electron chi connectivity index (χ4n) is 0.845. The molecule has 71 valence electrons. The summed E-state index contributed by atoms with van der Waals surface area (Å²) >= 11 is 0. The second-order valence-electron chi connectivity index (χ2n) is 2.38. The largest absolute Gasteiger partial charge is 0.469 e. The number of aliphatic hydroxyl groups is 1. The predicted molar refractivity (Wildman–Crippen MR) is 38.0 cm³/mol. The van der Waals surface area contributed by atoms with Crippen molar-refractivity contribution in [3.8, 4) is 0 Å². The van der Waals surface area contributed by atoms with Gasteiger partial charge in [0.15, 0.2) is 0 Å². The van der Waals surface area contributed by atoms with E-state index in [1.807, 2.05) is 0 Å². The molecule has 0 bridgehead atoms. The molecule has 1 saturated heterocycles. The molecular formula is C5H10O6P. The van der Waals surface area contributed by atoms with Gasteiger partial charge in [0.25, 0.3) is 0 Å². The van der Waals surface area contributed by atoms with Crippen LogP contribution in [0, 0.1) is 6.42 Å². The van der Waals surface area contributed by atoms with E-state index in [4.69, 9.17) is 19.6 Å². The Morgan fingerprint density at radius 2 is 2.33 bits per heavy atom. The van der Waals surface area contributed by atoms with E-state index in [9.17, 15) is 4.57 Å². The number of phosphoric ester groups is 1. The summed E-state index contributed by atoms with van der Waals surface area (Å²) < 4.78 is 19.3. The molecule has 1 aliphatic rings. The van der Waals surface area contributed by atoms with Gasteiger partial charge in [-0.2, -0.15) is 0 Å². The Labute approximate surface area is 69.4 Å². The third-order valence-electron chi connectivity index (χ3n) is 1.44. The fourth-order valence-corrected chi connectivity index (χ4v) is 1.19. The van der Waals surface area contributed by atoms with Crippen LogP contribution in [0.4, 0.5) is 0 Å². The molecule has 6 nitrogen and oxygen atoms in total. The quantitative estimate of drug-likeness (QED) is 0.505. The summed E-state index contributed by atoms with van der Waals surface area (Å²) in [5.41, 5.74) is 0. The molecule has 0 aromatic heterocycles. The lowest BCUT2D eigenvalue weighted by molar-refractivity contribution is 0.00481. The lowest BCUT2D eigenvalue weighted by Crippen LogP contribution is -2.25. The maximum atomic E-state index is 10.2. The smallest absolute Gasteiger partial charge is 0.390 e. The van der Waals surface area contributed by atoms with Crippen LogP contribution in [0.15, 0.2) is 0 Å². The number of phosphoric acid groups is 1. The van der Waals surface area contributed by atoms with Gasteiger partial charge in [-0.3, -0.25) is 4.52 Å². The molecule has 7 heteroatoms. The first-order valence-electron chi connectivity index (χ1n) is 3.32. The van der Waals surface area contributed by atoms with Crippen LogP contribution in [-0.4, -0.2) is 40.3 Å². The number of ether oxygens (including phenoxy) is 1. The Morgan fingerprint density at radius 1 is 1.67 bits per heavy atom. The molecule has 1 radical (unpaired) electrons. The van der Waals surface area contributed by atoms with Gasteiger partial charge >= 0.3 is 7.82 Å². The van der Waals surface area contributed by atoms with E-state index in [0.717, 1.165) is 0 Å². The molecule has 0 unspecified atom stereocenters. The van der Waals surface area contributed by atoms with Crippen molar-refractivity contribution in [2.24, 2.45) is 0 Å². The van der Waals surface area contributed by atoms with Crippen LogP contribution < -0.4 is 0 Å². The molecule has 0 aromatic rings. The third-order valence-corrected chi connectivity index (χ3v) is 1.92. The molecule has 1 rings (SSSR count). The van der Waals surface area contributed by atoms with Crippen LogP contribution in [0.5, 0.6) is 0 Å². The van der Waals surface area contributed by atoms with Gasteiger partial charge in [-0.1, -0.05) is 0 Å². The standard InChI is InChI=1S/C5H10O6P/c6-4-1-2-10-5(4)3-11-12(7,8)9/h1,4-6H,2-3H2,(H2,7,8,9)/t4-,5+/m0/s1. The Morgan fingerprint density at radius 3 is 2.75 bits per heavy atom. The topological polar surface area (TPSA) is 96.2 Å². The van der Waals surface area contributed by atoms with Gasteiger partial charge < -0.3 is 19.6 Å². The fraction of sp³-hybridized carbons (Fsp3) is 0.800. The predicted octanol–water partition coefficient (Wildman–Crippen LogP) is -0.940. The zero-order valence-electron chi connectivity index (χ0n) is 6.16. The van der Waals surface area contributed by atoms with Gasteiger partial charge in [-0.25, -0.2) is 4.57 Å². The number of aliphatic hydroxyl groups excluding tert-OH is 1. The number of hydrogen-bond donors (Lipinski definition) is 3. The zero-order valence-corrected chi connectivity index (χ0v) is 7.05. The molecule has 3 N–H and O–H groups in total. The molecule has 1 aliphatic heterocycles. The van der Waals surface area contributed by atoms with Crippen molar-refractivity contribution in [2.45, 2.75) is 12.2 Å². The van der Waals surface area contributed by atoms with Crippen LogP contribution >= 0.6 is 7.82 Å². The average Bonchev–Trinajstić information content (AvgIpc) is 2.29. The van der Waals surface area contributed by atoms with Gasteiger partial charge in [-0.15, -0.1) is 0 Å². The van der Waals surface area contributed by atoms with Gasteiger partial charge in [0.1, 0.15) is 6.10 Å². The first-order chi connectivity index (χ1) is 5.49. The van der Waals surface area contributed by atoms with Gasteiger partial charge in [-0.05, 0) is 0 Å². The van der Waals surface area contributed by atoms with Crippen molar-refractivity contribution in [1.29, 1.82) is 0 Å². The highest BCUT2D eigenvalue weighted by Gasteiger charge is 2.29. The molecule has 1 heterocycles. The monoisotopic (exact) mass is 197 g/mol. The van der Waals surface area contributed by atoms with E-state index < -0.39 is 20.0 Å². The van der Waals surface area contributed by atoms with Crippen LogP contribution in [0.1, 0.15) is 0 Å². The minimum atomic E-state index is -4.45. The molecule has 0 aromatic carbocycles. The summed E-state index contributed by atoms with van der Waals surface area (Å²) in [5, 5.41) is 9.07. The Hall–Kier alpha value is 0.0300. The SMILES string of the molecule is O=P(O)(O)OC[C@H]1OC[CH][C@@H]1O. The van der Waals surface area contributed by atoms with Gasteiger partial charge in [0.05, 0.1) is 19.3 Å². The lowest BCUT2D eigenvalue weighted by Gasteiger charge is -2.13. The van der Waals surface area contributed by atoms with Crippen molar-refractivity contribution in [1.82, 2.24) is 0 Å². The summed E-state index contributed by atoms with van der Waals surface area (Å²) in [6.07, 6.45) is 0.0161. The highest BCUT2D eigenvalue weighted by Crippen LogP contribution is 2.36. The Balaban J connectivity index is 2.27. The molecule has 0 spiro atoms. The average molecular weight is 197 g/mol. The van der Waals surface area contributed by atoms with E-state index in [0.29, 0.717) is 0 Å². The molecule has 1 fully saturated rings. The van der Waals surface area contributed by atoms with Crippen molar-refractivity contribution in [3.05, 3.63) is 6.42 Å². The zero-order chi connectivity index (χ0) is 9.19. The van der Waals surface area contributed by atoms with Crippen molar-refractivity contribution in [2.75, 3.05) is 13.2 Å². The van der Waals surface area contributed by atoms with Crippen LogP contribution in [0.3, 0.4) is 0 Å². The normalized spacial score (nSPS) is 30.9. The van der Waals surface area contributed by atoms with Crippen molar-refractivity contribution in [3.63, 3.8) is 0 Å². The molecule has 0 aliphatic carbocycles. The molecule has 0 amide bonds. The lowest BCUT2D eigenvalue weighted by atomic mass is 10.2. The van der Waals surface area contributed by atoms with E-state index >= 15 is 0 Å². The second kappa shape index (κ2) is 3.83.